The largest absolute Gasteiger partial charge is 0.494 e. The number of hydrogen-bond donors (Lipinski definition) is 3. The molecule has 1 aliphatic heterocycles. The van der Waals surface area contributed by atoms with Crippen LogP contribution in [-0.2, 0) is 13.0 Å². The smallest absolute Gasteiger partial charge is 0.331 e. The standard InChI is InChI=1S/C24H32N4O3/c1-3-5-6-7-10-14-28-23(30)19(22(29)26-24(28)31)21-20-17(13-15-27(21)4-2)16-11-8-9-12-18(16)25-20/h8-9,11-12,21,25,30H,3-7,10,13-15H2,1-2H3,(H,26,29,31)/t21-/m0/s1. The van der Waals surface area contributed by atoms with Crippen LogP contribution in [0.5, 0.6) is 5.88 Å². The lowest BCUT2D eigenvalue weighted by Gasteiger charge is -2.35. The first-order valence-electron chi connectivity index (χ1n) is 11.5. The van der Waals surface area contributed by atoms with Crippen molar-refractivity contribution in [1.82, 2.24) is 19.4 Å². The van der Waals surface area contributed by atoms with Gasteiger partial charge in [-0.25, -0.2) is 4.79 Å². The maximum absolute atomic E-state index is 12.9. The molecule has 0 aliphatic carbocycles. The Morgan fingerprint density at radius 1 is 1.06 bits per heavy atom. The Balaban J connectivity index is 1.78. The van der Waals surface area contributed by atoms with Crippen LogP contribution in [0, 0.1) is 0 Å². The van der Waals surface area contributed by atoms with E-state index < -0.39 is 17.3 Å². The minimum Gasteiger partial charge on any atom is -0.494 e. The lowest BCUT2D eigenvalue weighted by Crippen LogP contribution is -2.41. The van der Waals surface area contributed by atoms with Gasteiger partial charge in [0.1, 0.15) is 5.56 Å². The fourth-order valence-electron chi connectivity index (χ4n) is 4.86. The van der Waals surface area contributed by atoms with Crippen molar-refractivity contribution in [1.29, 1.82) is 0 Å². The number of aromatic amines is 2. The minimum atomic E-state index is -0.544. The van der Waals surface area contributed by atoms with Gasteiger partial charge in [0.05, 0.1) is 6.04 Å². The second-order valence-electron chi connectivity index (χ2n) is 8.41. The number of aromatic hydroxyl groups is 1. The van der Waals surface area contributed by atoms with E-state index in [4.69, 9.17) is 0 Å². The van der Waals surface area contributed by atoms with Crippen molar-refractivity contribution in [2.24, 2.45) is 0 Å². The number of rotatable bonds is 8. The molecule has 3 heterocycles. The van der Waals surface area contributed by atoms with E-state index in [1.165, 1.54) is 10.1 Å². The van der Waals surface area contributed by atoms with E-state index in [1.807, 2.05) is 18.2 Å². The molecule has 2 aromatic heterocycles. The molecule has 0 fully saturated rings. The second-order valence-corrected chi connectivity index (χ2v) is 8.41. The van der Waals surface area contributed by atoms with Gasteiger partial charge in [-0.2, -0.15) is 0 Å². The third-order valence-electron chi connectivity index (χ3n) is 6.51. The molecule has 3 aromatic rings. The summed E-state index contributed by atoms with van der Waals surface area (Å²) in [5.74, 6) is -0.209. The monoisotopic (exact) mass is 424 g/mol. The van der Waals surface area contributed by atoms with Crippen molar-refractivity contribution in [3.05, 3.63) is 61.9 Å². The molecule has 0 amide bonds. The molecule has 0 unspecified atom stereocenters. The van der Waals surface area contributed by atoms with Crippen LogP contribution in [0.15, 0.2) is 33.9 Å². The minimum absolute atomic E-state index is 0.209. The first kappa shape index (κ1) is 21.4. The lowest BCUT2D eigenvalue weighted by molar-refractivity contribution is 0.214. The normalized spacial score (nSPS) is 16.6. The van der Waals surface area contributed by atoms with Crippen LogP contribution in [0.2, 0.25) is 0 Å². The molecule has 1 atom stereocenters. The highest BCUT2D eigenvalue weighted by Gasteiger charge is 2.35. The number of nitrogens with one attached hydrogen (secondary N) is 2. The first-order chi connectivity index (χ1) is 15.1. The molecule has 4 rings (SSSR count). The van der Waals surface area contributed by atoms with Crippen molar-refractivity contribution in [3.63, 3.8) is 0 Å². The highest BCUT2D eigenvalue weighted by atomic mass is 16.3. The summed E-state index contributed by atoms with van der Waals surface area (Å²) in [4.78, 5) is 33.6. The zero-order valence-corrected chi connectivity index (χ0v) is 18.4. The molecular weight excluding hydrogens is 392 g/mol. The molecule has 1 aromatic carbocycles. The van der Waals surface area contributed by atoms with E-state index in [0.29, 0.717) is 6.54 Å². The number of hydrogen-bond acceptors (Lipinski definition) is 4. The van der Waals surface area contributed by atoms with Crippen LogP contribution < -0.4 is 11.2 Å². The van der Waals surface area contributed by atoms with Gasteiger partial charge in [-0.05, 0) is 31.0 Å². The summed E-state index contributed by atoms with van der Waals surface area (Å²) in [6.07, 6.45) is 6.07. The molecule has 0 saturated heterocycles. The van der Waals surface area contributed by atoms with Gasteiger partial charge in [0.15, 0.2) is 0 Å². The Labute approximate surface area is 181 Å². The summed E-state index contributed by atoms with van der Waals surface area (Å²) in [5, 5.41) is 12.3. The zero-order chi connectivity index (χ0) is 22.0. The van der Waals surface area contributed by atoms with Crippen molar-refractivity contribution < 1.29 is 5.11 Å². The van der Waals surface area contributed by atoms with E-state index >= 15 is 0 Å². The van der Waals surface area contributed by atoms with Gasteiger partial charge < -0.3 is 10.1 Å². The number of likely N-dealkylation sites (N-methyl/N-ethyl adjacent to an activating group) is 1. The Hall–Kier alpha value is -2.80. The van der Waals surface area contributed by atoms with Crippen LogP contribution in [0.4, 0.5) is 0 Å². The third-order valence-corrected chi connectivity index (χ3v) is 6.51. The Kier molecular flexibility index (Phi) is 6.32. The third kappa shape index (κ3) is 3.94. The fraction of sp³-hybridized carbons (Fsp3) is 0.500. The van der Waals surface area contributed by atoms with Gasteiger partial charge in [0, 0.05) is 29.7 Å². The summed E-state index contributed by atoms with van der Waals surface area (Å²) < 4.78 is 1.33. The highest BCUT2D eigenvalue weighted by Crippen LogP contribution is 2.39. The summed E-state index contributed by atoms with van der Waals surface area (Å²) in [6.45, 7) is 6.12. The molecule has 7 heteroatoms. The van der Waals surface area contributed by atoms with Gasteiger partial charge in [0.2, 0.25) is 5.88 Å². The van der Waals surface area contributed by atoms with Crippen molar-refractivity contribution in [3.8, 4) is 5.88 Å². The molecule has 31 heavy (non-hydrogen) atoms. The zero-order valence-electron chi connectivity index (χ0n) is 18.4. The molecular formula is C24H32N4O3. The van der Waals surface area contributed by atoms with E-state index in [2.05, 4.69) is 34.8 Å². The number of fused-ring (bicyclic) bond motifs is 3. The van der Waals surface area contributed by atoms with Crippen LogP contribution in [0.25, 0.3) is 10.9 Å². The van der Waals surface area contributed by atoms with Gasteiger partial charge in [-0.3, -0.25) is 19.2 Å². The average molecular weight is 425 g/mol. The Bertz CT molecular complexity index is 1170. The quantitative estimate of drug-likeness (QED) is 0.481. The lowest BCUT2D eigenvalue weighted by atomic mass is 9.93. The van der Waals surface area contributed by atoms with Gasteiger partial charge in [-0.15, -0.1) is 0 Å². The van der Waals surface area contributed by atoms with Crippen molar-refractivity contribution in [2.45, 2.75) is 65.0 Å². The predicted octanol–water partition coefficient (Wildman–Crippen LogP) is 3.66. The Morgan fingerprint density at radius 3 is 2.61 bits per heavy atom. The summed E-state index contributed by atoms with van der Waals surface area (Å²) in [6, 6.07) is 7.70. The van der Waals surface area contributed by atoms with Crippen LogP contribution in [-0.4, -0.2) is 37.6 Å². The van der Waals surface area contributed by atoms with Crippen molar-refractivity contribution in [2.75, 3.05) is 13.1 Å². The molecule has 0 saturated carbocycles. The number of nitrogens with zero attached hydrogens (tertiary/aromatic N) is 2. The van der Waals surface area contributed by atoms with Crippen LogP contribution in [0.1, 0.15) is 68.8 Å². The van der Waals surface area contributed by atoms with Gasteiger partial charge >= 0.3 is 5.69 Å². The summed E-state index contributed by atoms with van der Waals surface area (Å²) in [5.41, 5.74) is 2.33. The topological polar surface area (TPSA) is 94.1 Å². The summed E-state index contributed by atoms with van der Waals surface area (Å²) >= 11 is 0. The van der Waals surface area contributed by atoms with Crippen LogP contribution >= 0.6 is 0 Å². The SMILES string of the molecule is CCCCCCCn1c(O)c([C@H]2c3[nH]c4ccccc4c3CCN2CC)c(=O)[nH]c1=O. The number of H-pyrrole nitrogens is 2. The maximum Gasteiger partial charge on any atom is 0.331 e. The number of aromatic nitrogens is 3. The highest BCUT2D eigenvalue weighted by molar-refractivity contribution is 5.85. The molecule has 0 bridgehead atoms. The number of unbranched alkanes of at least 4 members (excludes halogenated alkanes) is 4. The van der Waals surface area contributed by atoms with Gasteiger partial charge in [-0.1, -0.05) is 57.7 Å². The Morgan fingerprint density at radius 2 is 1.84 bits per heavy atom. The van der Waals surface area contributed by atoms with E-state index in [-0.39, 0.29) is 11.4 Å². The van der Waals surface area contributed by atoms with Crippen molar-refractivity contribution >= 4 is 10.9 Å². The fourth-order valence-corrected chi connectivity index (χ4v) is 4.86. The maximum atomic E-state index is 12.9. The molecule has 166 valence electrons. The second kappa shape index (κ2) is 9.14. The van der Waals surface area contributed by atoms with E-state index in [0.717, 1.165) is 68.2 Å². The van der Waals surface area contributed by atoms with Gasteiger partial charge in [0.25, 0.3) is 5.56 Å². The summed E-state index contributed by atoms with van der Waals surface area (Å²) in [7, 11) is 0. The average Bonchev–Trinajstić information content (AvgIpc) is 3.14. The molecule has 0 spiro atoms. The molecule has 0 radical (unpaired) electrons. The molecule has 1 aliphatic rings. The van der Waals surface area contributed by atoms with E-state index in [9.17, 15) is 14.7 Å². The molecule has 7 nitrogen and oxygen atoms in total. The molecule has 3 N–H and O–H groups in total. The first-order valence-corrected chi connectivity index (χ1v) is 11.5. The number of benzene rings is 1. The van der Waals surface area contributed by atoms with Crippen LogP contribution in [0.3, 0.4) is 0 Å². The predicted molar refractivity (Wildman–Crippen MR) is 123 cm³/mol. The number of para-hydroxylation sites is 1. The van der Waals surface area contributed by atoms with E-state index in [1.54, 1.807) is 0 Å².